The van der Waals surface area contributed by atoms with E-state index in [1.807, 2.05) is 12.1 Å². The molecular weight excluding hydrogens is 288 g/mol. The molecule has 0 unspecified atom stereocenters. The molecule has 0 radical (unpaired) electrons. The number of esters is 1. The van der Waals surface area contributed by atoms with Crippen molar-refractivity contribution in [2.75, 3.05) is 13.7 Å². The zero-order chi connectivity index (χ0) is 17.0. The highest BCUT2D eigenvalue weighted by atomic mass is 16.6. The second-order valence-electron chi connectivity index (χ2n) is 5.88. The van der Waals surface area contributed by atoms with Crippen LogP contribution in [0.4, 0.5) is 0 Å². The van der Waals surface area contributed by atoms with Gasteiger partial charge in [0, 0.05) is 0 Å². The fraction of sp³-hybridized carbons (Fsp3) is 0.350. The molecular formula is C20H24O3. The number of methoxy groups -OCH3 is 1. The number of hydrogen-bond donors (Lipinski definition) is 0. The summed E-state index contributed by atoms with van der Waals surface area (Å²) in [6.07, 6.45) is -0.281. The average molecular weight is 312 g/mol. The fourth-order valence-electron chi connectivity index (χ4n) is 3.00. The Bertz CT molecular complexity index is 612. The van der Waals surface area contributed by atoms with E-state index in [9.17, 15) is 4.79 Å². The summed E-state index contributed by atoms with van der Waals surface area (Å²) < 4.78 is 10.7. The van der Waals surface area contributed by atoms with Crippen molar-refractivity contribution >= 4 is 5.97 Å². The van der Waals surface area contributed by atoms with Gasteiger partial charge in [0.25, 0.3) is 0 Å². The largest absolute Gasteiger partial charge is 0.467 e. The Morgan fingerprint density at radius 3 is 1.61 bits per heavy atom. The maximum Gasteiger partial charge on any atom is 0.331 e. The van der Waals surface area contributed by atoms with Gasteiger partial charge >= 0.3 is 5.97 Å². The molecule has 0 saturated heterocycles. The molecule has 0 aromatic heterocycles. The van der Waals surface area contributed by atoms with Gasteiger partial charge in [-0.05, 0) is 61.1 Å². The lowest BCUT2D eigenvalue weighted by Crippen LogP contribution is -2.18. The smallest absolute Gasteiger partial charge is 0.331 e. The summed E-state index contributed by atoms with van der Waals surface area (Å²) in [6.45, 7) is 8.23. The molecule has 2 aromatic carbocycles. The Labute approximate surface area is 138 Å². The van der Waals surface area contributed by atoms with Gasteiger partial charge in [0.05, 0.1) is 7.11 Å². The number of ether oxygens (including phenoxy) is 2. The number of carbonyl (C=O) groups is 1. The van der Waals surface area contributed by atoms with Crippen LogP contribution in [-0.4, -0.2) is 19.7 Å². The van der Waals surface area contributed by atoms with E-state index in [-0.39, 0.29) is 18.7 Å². The minimum Gasteiger partial charge on any atom is -0.467 e. The second-order valence-corrected chi connectivity index (χ2v) is 5.88. The van der Waals surface area contributed by atoms with Gasteiger partial charge in [-0.15, -0.1) is 0 Å². The molecule has 23 heavy (non-hydrogen) atoms. The molecule has 0 heterocycles. The summed E-state index contributed by atoms with van der Waals surface area (Å²) in [5.41, 5.74) is 6.86. The Hall–Kier alpha value is -2.13. The quantitative estimate of drug-likeness (QED) is 0.776. The third kappa shape index (κ3) is 3.80. The maximum atomic E-state index is 11.6. The van der Waals surface area contributed by atoms with E-state index in [1.54, 1.807) is 0 Å². The predicted molar refractivity (Wildman–Crippen MR) is 91.6 cm³/mol. The van der Waals surface area contributed by atoms with Crippen LogP contribution in [0.25, 0.3) is 0 Å². The molecule has 2 aromatic rings. The zero-order valence-electron chi connectivity index (χ0n) is 14.5. The lowest BCUT2D eigenvalue weighted by molar-refractivity contribution is -0.147. The van der Waals surface area contributed by atoms with Crippen LogP contribution < -0.4 is 0 Å². The lowest BCUT2D eigenvalue weighted by atomic mass is 9.89. The second kappa shape index (κ2) is 7.42. The van der Waals surface area contributed by atoms with Gasteiger partial charge in [0.2, 0.25) is 0 Å². The highest BCUT2D eigenvalue weighted by molar-refractivity contribution is 5.70. The van der Waals surface area contributed by atoms with E-state index < -0.39 is 0 Å². The van der Waals surface area contributed by atoms with E-state index in [4.69, 9.17) is 9.47 Å². The number of rotatable bonds is 5. The minimum atomic E-state index is -0.368. The van der Waals surface area contributed by atoms with E-state index in [1.165, 1.54) is 7.11 Å². The Kier molecular flexibility index (Phi) is 5.56. The molecule has 0 atom stereocenters. The Balaban J connectivity index is 2.54. The van der Waals surface area contributed by atoms with Gasteiger partial charge in [0.1, 0.15) is 12.7 Å². The Morgan fingerprint density at radius 1 is 0.870 bits per heavy atom. The number of carbonyl (C=O) groups excluding carboxylic acids is 1. The molecule has 0 fully saturated rings. The summed E-state index contributed by atoms with van der Waals surface area (Å²) in [6, 6.07) is 12.4. The zero-order valence-corrected chi connectivity index (χ0v) is 14.5. The van der Waals surface area contributed by atoms with Gasteiger partial charge in [0.15, 0.2) is 0 Å². The molecule has 0 saturated carbocycles. The molecule has 3 heteroatoms. The van der Waals surface area contributed by atoms with Crippen molar-refractivity contribution in [2.45, 2.75) is 33.8 Å². The summed E-state index contributed by atoms with van der Waals surface area (Å²) in [4.78, 5) is 11.6. The number of hydrogen-bond acceptors (Lipinski definition) is 3. The number of benzene rings is 2. The van der Waals surface area contributed by atoms with Crippen LogP contribution in [0.15, 0.2) is 36.4 Å². The predicted octanol–water partition coefficient (Wildman–Crippen LogP) is 4.20. The van der Waals surface area contributed by atoms with E-state index in [0.717, 1.165) is 33.4 Å². The summed E-state index contributed by atoms with van der Waals surface area (Å²) >= 11 is 0. The van der Waals surface area contributed by atoms with Crippen molar-refractivity contribution in [2.24, 2.45) is 0 Å². The first kappa shape index (κ1) is 17.2. The molecule has 2 rings (SSSR count). The normalized spacial score (nSPS) is 10.9. The fourth-order valence-corrected chi connectivity index (χ4v) is 3.00. The molecule has 0 aliphatic carbocycles. The third-order valence-electron chi connectivity index (χ3n) is 4.20. The molecule has 0 N–H and O–H groups in total. The molecule has 0 aliphatic heterocycles. The van der Waals surface area contributed by atoms with E-state index in [0.29, 0.717) is 0 Å². The summed E-state index contributed by atoms with van der Waals surface area (Å²) in [7, 11) is 1.37. The van der Waals surface area contributed by atoms with Gasteiger partial charge in [-0.2, -0.15) is 0 Å². The van der Waals surface area contributed by atoms with Gasteiger partial charge in [-0.3, -0.25) is 0 Å². The van der Waals surface area contributed by atoms with E-state index in [2.05, 4.69) is 52.0 Å². The molecule has 0 amide bonds. The number of aryl methyl sites for hydroxylation is 4. The van der Waals surface area contributed by atoms with Crippen LogP contribution in [0.5, 0.6) is 0 Å². The van der Waals surface area contributed by atoms with Crippen molar-refractivity contribution in [3.63, 3.8) is 0 Å². The van der Waals surface area contributed by atoms with Crippen molar-refractivity contribution in [1.29, 1.82) is 0 Å². The maximum absolute atomic E-state index is 11.6. The monoisotopic (exact) mass is 312 g/mol. The first-order valence-electron chi connectivity index (χ1n) is 7.76. The first-order valence-corrected chi connectivity index (χ1v) is 7.76. The van der Waals surface area contributed by atoms with Crippen LogP contribution >= 0.6 is 0 Å². The standard InChI is InChI=1S/C20H24O3/c1-13-8-6-9-14(2)18(13)20(23-12-17(21)22-5)19-15(3)10-7-11-16(19)4/h6-11,20H,12H2,1-5H3. The minimum absolute atomic E-state index is 0.0668. The van der Waals surface area contributed by atoms with E-state index >= 15 is 0 Å². The van der Waals surface area contributed by atoms with Gasteiger partial charge < -0.3 is 9.47 Å². The van der Waals surface area contributed by atoms with Crippen LogP contribution in [0.2, 0.25) is 0 Å². The molecule has 3 nitrogen and oxygen atoms in total. The highest BCUT2D eigenvalue weighted by Crippen LogP contribution is 2.34. The summed E-state index contributed by atoms with van der Waals surface area (Å²) in [5, 5.41) is 0. The molecule has 0 aliphatic rings. The lowest BCUT2D eigenvalue weighted by Gasteiger charge is -2.25. The third-order valence-corrected chi connectivity index (χ3v) is 4.20. The Morgan fingerprint density at radius 2 is 1.26 bits per heavy atom. The SMILES string of the molecule is COC(=O)COC(c1c(C)cccc1C)c1c(C)cccc1C. The van der Waals surface area contributed by atoms with Crippen molar-refractivity contribution in [3.8, 4) is 0 Å². The van der Waals surface area contributed by atoms with Crippen molar-refractivity contribution in [3.05, 3.63) is 69.8 Å². The van der Waals surface area contributed by atoms with Crippen LogP contribution in [-0.2, 0) is 14.3 Å². The van der Waals surface area contributed by atoms with Gasteiger partial charge in [-0.1, -0.05) is 36.4 Å². The average Bonchev–Trinajstić information content (AvgIpc) is 2.51. The topological polar surface area (TPSA) is 35.5 Å². The van der Waals surface area contributed by atoms with Crippen LogP contribution in [0, 0.1) is 27.7 Å². The first-order chi connectivity index (χ1) is 11.0. The molecule has 0 bridgehead atoms. The van der Waals surface area contributed by atoms with Crippen molar-refractivity contribution < 1.29 is 14.3 Å². The van der Waals surface area contributed by atoms with Gasteiger partial charge in [-0.25, -0.2) is 4.79 Å². The van der Waals surface area contributed by atoms with Crippen LogP contribution in [0.3, 0.4) is 0 Å². The molecule has 122 valence electrons. The summed E-state index contributed by atoms with van der Waals surface area (Å²) in [5.74, 6) is -0.368. The highest BCUT2D eigenvalue weighted by Gasteiger charge is 2.23. The van der Waals surface area contributed by atoms with Crippen molar-refractivity contribution in [1.82, 2.24) is 0 Å². The molecule has 0 spiro atoms. The van der Waals surface area contributed by atoms with Crippen LogP contribution in [0.1, 0.15) is 39.5 Å².